The number of amides is 1. The fourth-order valence-corrected chi connectivity index (χ4v) is 3.84. The molecule has 1 atom stereocenters. The van der Waals surface area contributed by atoms with E-state index < -0.39 is 0 Å². The summed E-state index contributed by atoms with van der Waals surface area (Å²) in [6, 6.07) is 0. The third kappa shape index (κ3) is 3.62. The Balaban J connectivity index is 1.71. The Morgan fingerprint density at radius 3 is 3.00 bits per heavy atom. The molecule has 21 heavy (non-hydrogen) atoms. The maximum absolute atomic E-state index is 12.8. The van der Waals surface area contributed by atoms with E-state index >= 15 is 0 Å². The van der Waals surface area contributed by atoms with Crippen molar-refractivity contribution in [3.63, 3.8) is 0 Å². The fourth-order valence-electron chi connectivity index (χ4n) is 3.19. The molecule has 0 aromatic carbocycles. The molecule has 6 heteroatoms. The summed E-state index contributed by atoms with van der Waals surface area (Å²) >= 11 is 1.53. The van der Waals surface area contributed by atoms with Crippen molar-refractivity contribution in [2.75, 3.05) is 38.2 Å². The first-order valence-electron chi connectivity index (χ1n) is 7.75. The highest BCUT2D eigenvalue weighted by Gasteiger charge is 2.31. The number of hydrogen-bond acceptors (Lipinski definition) is 5. The van der Waals surface area contributed by atoms with Gasteiger partial charge in [0, 0.05) is 30.6 Å². The van der Waals surface area contributed by atoms with Gasteiger partial charge in [-0.25, -0.2) is 4.98 Å². The van der Waals surface area contributed by atoms with Crippen molar-refractivity contribution in [2.24, 2.45) is 5.92 Å². The second kappa shape index (κ2) is 6.85. The standard InChI is InChI=1S/C15H23N3O2S/c1-17-7-8-20-13(10-17)11-18(15-16-6-9-21-15)14(19)12-4-2-3-5-12/h6,9,12-13H,2-5,7-8,10-11H2,1H3/t13-/m1/s1. The van der Waals surface area contributed by atoms with Gasteiger partial charge in [-0.05, 0) is 19.9 Å². The van der Waals surface area contributed by atoms with Gasteiger partial charge in [-0.1, -0.05) is 12.8 Å². The lowest BCUT2D eigenvalue weighted by Gasteiger charge is -2.33. The van der Waals surface area contributed by atoms with E-state index in [-0.39, 0.29) is 17.9 Å². The number of likely N-dealkylation sites (N-methyl/N-ethyl adjacent to an activating group) is 1. The van der Waals surface area contributed by atoms with Crippen molar-refractivity contribution < 1.29 is 9.53 Å². The number of thiazole rings is 1. The molecule has 1 saturated carbocycles. The first kappa shape index (κ1) is 14.9. The van der Waals surface area contributed by atoms with Gasteiger partial charge in [0.15, 0.2) is 5.13 Å². The van der Waals surface area contributed by atoms with Gasteiger partial charge >= 0.3 is 0 Å². The lowest BCUT2D eigenvalue weighted by Crippen LogP contribution is -2.48. The minimum Gasteiger partial charge on any atom is -0.374 e. The molecule has 1 aliphatic heterocycles. The van der Waals surface area contributed by atoms with Crippen LogP contribution in [0.4, 0.5) is 5.13 Å². The molecule has 1 aliphatic carbocycles. The quantitative estimate of drug-likeness (QED) is 0.853. The van der Waals surface area contributed by atoms with E-state index in [1.54, 1.807) is 6.20 Å². The van der Waals surface area contributed by atoms with Crippen molar-refractivity contribution in [3.05, 3.63) is 11.6 Å². The number of anilines is 1. The molecule has 1 aromatic heterocycles. The summed E-state index contributed by atoms with van der Waals surface area (Å²) in [5.41, 5.74) is 0. The van der Waals surface area contributed by atoms with Crippen LogP contribution in [0.15, 0.2) is 11.6 Å². The molecule has 5 nitrogen and oxygen atoms in total. The van der Waals surface area contributed by atoms with Crippen LogP contribution in [0.25, 0.3) is 0 Å². The van der Waals surface area contributed by atoms with Crippen LogP contribution in [0, 0.1) is 5.92 Å². The third-order valence-corrected chi connectivity index (χ3v) is 5.14. The average Bonchev–Trinajstić information content (AvgIpc) is 3.17. The van der Waals surface area contributed by atoms with E-state index in [9.17, 15) is 4.79 Å². The molecule has 0 radical (unpaired) electrons. The molecule has 0 spiro atoms. The third-order valence-electron chi connectivity index (χ3n) is 4.35. The van der Waals surface area contributed by atoms with E-state index in [4.69, 9.17) is 4.74 Å². The van der Waals surface area contributed by atoms with Crippen LogP contribution in [-0.2, 0) is 9.53 Å². The molecular formula is C15H23N3O2S. The van der Waals surface area contributed by atoms with Crippen LogP contribution >= 0.6 is 11.3 Å². The topological polar surface area (TPSA) is 45.7 Å². The van der Waals surface area contributed by atoms with Crippen LogP contribution < -0.4 is 4.90 Å². The Hall–Kier alpha value is -0.980. The van der Waals surface area contributed by atoms with E-state index in [0.29, 0.717) is 6.54 Å². The fraction of sp³-hybridized carbons (Fsp3) is 0.733. The first-order chi connectivity index (χ1) is 10.2. The lowest BCUT2D eigenvalue weighted by atomic mass is 10.1. The Bertz CT molecular complexity index is 459. The predicted octanol–water partition coefficient (Wildman–Crippen LogP) is 2.00. The number of carbonyl (C=O) groups excluding carboxylic acids is 1. The highest BCUT2D eigenvalue weighted by molar-refractivity contribution is 7.13. The van der Waals surface area contributed by atoms with Gasteiger partial charge < -0.3 is 9.64 Å². The number of rotatable bonds is 4. The van der Waals surface area contributed by atoms with Crippen molar-refractivity contribution in [1.82, 2.24) is 9.88 Å². The van der Waals surface area contributed by atoms with Crippen LogP contribution in [-0.4, -0.2) is 55.2 Å². The normalized spacial score (nSPS) is 24.3. The molecule has 1 amide bonds. The Morgan fingerprint density at radius 1 is 1.52 bits per heavy atom. The minimum absolute atomic E-state index is 0.0815. The second-order valence-corrected chi connectivity index (χ2v) is 6.87. The number of morpholine rings is 1. The maximum Gasteiger partial charge on any atom is 0.231 e. The highest BCUT2D eigenvalue weighted by atomic mass is 32.1. The van der Waals surface area contributed by atoms with Crippen LogP contribution in [0.5, 0.6) is 0 Å². The Morgan fingerprint density at radius 2 is 2.33 bits per heavy atom. The van der Waals surface area contributed by atoms with Gasteiger partial charge in [-0.3, -0.25) is 9.69 Å². The van der Waals surface area contributed by atoms with Gasteiger partial charge in [0.05, 0.1) is 19.3 Å². The summed E-state index contributed by atoms with van der Waals surface area (Å²) in [6.07, 6.45) is 6.23. The molecule has 0 bridgehead atoms. The van der Waals surface area contributed by atoms with Crippen molar-refractivity contribution in [2.45, 2.75) is 31.8 Å². The highest BCUT2D eigenvalue weighted by Crippen LogP contribution is 2.29. The summed E-state index contributed by atoms with van der Waals surface area (Å²) < 4.78 is 5.83. The molecule has 0 N–H and O–H groups in total. The number of nitrogens with zero attached hydrogens (tertiary/aromatic N) is 3. The van der Waals surface area contributed by atoms with Crippen LogP contribution in [0.2, 0.25) is 0 Å². The van der Waals surface area contributed by atoms with Gasteiger partial charge in [-0.15, -0.1) is 11.3 Å². The zero-order valence-corrected chi connectivity index (χ0v) is 13.3. The summed E-state index contributed by atoms with van der Waals surface area (Å²) in [6.45, 7) is 3.20. The number of hydrogen-bond donors (Lipinski definition) is 0. The van der Waals surface area contributed by atoms with Crippen molar-refractivity contribution >= 4 is 22.4 Å². The second-order valence-electron chi connectivity index (χ2n) is 6.00. The van der Waals surface area contributed by atoms with Gasteiger partial charge in [0.25, 0.3) is 0 Å². The minimum atomic E-state index is 0.0815. The van der Waals surface area contributed by atoms with Crippen LogP contribution in [0.3, 0.4) is 0 Å². The Kier molecular flexibility index (Phi) is 4.87. The maximum atomic E-state index is 12.8. The molecule has 3 rings (SSSR count). The summed E-state index contributed by atoms with van der Waals surface area (Å²) in [4.78, 5) is 21.3. The zero-order valence-electron chi connectivity index (χ0n) is 12.5. The number of ether oxygens (including phenoxy) is 1. The van der Waals surface area contributed by atoms with Crippen molar-refractivity contribution in [1.29, 1.82) is 0 Å². The molecule has 2 fully saturated rings. The zero-order chi connectivity index (χ0) is 14.7. The summed E-state index contributed by atoms with van der Waals surface area (Å²) in [5.74, 6) is 0.412. The van der Waals surface area contributed by atoms with Gasteiger partial charge in [0.1, 0.15) is 0 Å². The van der Waals surface area contributed by atoms with Crippen molar-refractivity contribution in [3.8, 4) is 0 Å². The predicted molar refractivity (Wildman–Crippen MR) is 83.7 cm³/mol. The molecule has 2 heterocycles. The summed E-state index contributed by atoms with van der Waals surface area (Å²) in [7, 11) is 2.10. The van der Waals surface area contributed by atoms with E-state index in [2.05, 4.69) is 16.9 Å². The van der Waals surface area contributed by atoms with E-state index in [0.717, 1.165) is 37.7 Å². The van der Waals surface area contributed by atoms with Gasteiger partial charge in [0.2, 0.25) is 5.91 Å². The van der Waals surface area contributed by atoms with Gasteiger partial charge in [-0.2, -0.15) is 0 Å². The van der Waals surface area contributed by atoms with E-state index in [1.165, 1.54) is 24.2 Å². The number of carbonyl (C=O) groups is 1. The lowest BCUT2D eigenvalue weighted by molar-refractivity contribution is -0.123. The largest absolute Gasteiger partial charge is 0.374 e. The smallest absolute Gasteiger partial charge is 0.231 e. The van der Waals surface area contributed by atoms with E-state index in [1.807, 2.05) is 10.3 Å². The molecule has 1 aromatic rings. The average molecular weight is 309 g/mol. The molecule has 116 valence electrons. The molecular weight excluding hydrogens is 286 g/mol. The summed E-state index contributed by atoms with van der Waals surface area (Å²) in [5, 5.41) is 2.74. The Labute approximate surface area is 129 Å². The number of aromatic nitrogens is 1. The first-order valence-corrected chi connectivity index (χ1v) is 8.63. The molecule has 2 aliphatic rings. The monoisotopic (exact) mass is 309 g/mol. The SMILES string of the molecule is CN1CCO[C@@H](CN(C(=O)C2CCCC2)c2nccs2)C1. The molecule has 1 saturated heterocycles. The van der Waals surface area contributed by atoms with Crippen LogP contribution in [0.1, 0.15) is 25.7 Å². The molecule has 0 unspecified atom stereocenters.